The molecule has 0 radical (unpaired) electrons. The van der Waals surface area contributed by atoms with Gasteiger partial charge in [0.05, 0.1) is 6.61 Å². The van der Waals surface area contributed by atoms with Gasteiger partial charge in [-0.3, -0.25) is 4.79 Å². The fourth-order valence-corrected chi connectivity index (χ4v) is 2.59. The Bertz CT molecular complexity index is 924. The smallest absolute Gasteiger partial charge is 0.370 e. The van der Waals surface area contributed by atoms with Crippen LogP contribution in [-0.4, -0.2) is 17.3 Å². The van der Waals surface area contributed by atoms with Crippen LogP contribution in [0.25, 0.3) is 11.3 Å². The molecule has 25 heavy (non-hydrogen) atoms. The minimum atomic E-state index is -0.676. The minimum absolute atomic E-state index is 0.0254. The van der Waals surface area contributed by atoms with Gasteiger partial charge in [0, 0.05) is 18.3 Å². The molecule has 6 nitrogen and oxygen atoms in total. The Hall–Kier alpha value is -3.28. The summed E-state index contributed by atoms with van der Waals surface area (Å²) in [6, 6.07) is 16.1. The summed E-state index contributed by atoms with van der Waals surface area (Å²) in [6.07, 6.45) is 0. The molecule has 1 amide bonds. The largest absolute Gasteiger partial charge is 0.494 e. The van der Waals surface area contributed by atoms with Crippen LogP contribution in [0, 0.1) is 0 Å². The van der Waals surface area contributed by atoms with Crippen LogP contribution < -0.4 is 15.7 Å². The Morgan fingerprint density at radius 3 is 2.44 bits per heavy atom. The van der Waals surface area contributed by atoms with Gasteiger partial charge in [0.25, 0.3) is 5.91 Å². The van der Waals surface area contributed by atoms with Crippen molar-refractivity contribution in [1.29, 1.82) is 0 Å². The van der Waals surface area contributed by atoms with E-state index >= 15 is 0 Å². The molecule has 1 aromatic heterocycles. The van der Waals surface area contributed by atoms with Gasteiger partial charge in [-0.1, -0.05) is 30.3 Å². The number of anilines is 1. The van der Waals surface area contributed by atoms with E-state index in [-0.39, 0.29) is 5.56 Å². The third-order valence-electron chi connectivity index (χ3n) is 3.67. The first-order chi connectivity index (χ1) is 12.1. The second-order valence-corrected chi connectivity index (χ2v) is 5.38. The summed E-state index contributed by atoms with van der Waals surface area (Å²) in [5.41, 5.74) is 1.03. The van der Waals surface area contributed by atoms with Crippen molar-refractivity contribution in [3.63, 3.8) is 0 Å². The van der Waals surface area contributed by atoms with Crippen molar-refractivity contribution in [2.45, 2.75) is 6.92 Å². The summed E-state index contributed by atoms with van der Waals surface area (Å²) in [7, 11) is 1.59. The fourth-order valence-electron chi connectivity index (χ4n) is 2.59. The van der Waals surface area contributed by atoms with Crippen molar-refractivity contribution in [3.05, 3.63) is 70.6 Å². The van der Waals surface area contributed by atoms with Crippen LogP contribution in [0.5, 0.6) is 5.75 Å². The number of carbonyl (C=O) groups excluding carboxylic acids is 1. The molecule has 0 bridgehead atoms. The van der Waals surface area contributed by atoms with Crippen LogP contribution >= 0.6 is 0 Å². The Morgan fingerprint density at radius 1 is 1.12 bits per heavy atom. The Balaban J connectivity index is 1.91. The van der Waals surface area contributed by atoms with E-state index in [1.54, 1.807) is 31.3 Å². The third kappa shape index (κ3) is 3.47. The Morgan fingerprint density at radius 2 is 1.80 bits per heavy atom. The summed E-state index contributed by atoms with van der Waals surface area (Å²) >= 11 is 0. The molecular weight excluding hydrogens is 320 g/mol. The number of carbonyl (C=O) groups is 1. The molecule has 3 rings (SSSR count). The fraction of sp³-hybridized carbons (Fsp3) is 0.158. The quantitative estimate of drug-likeness (QED) is 0.775. The monoisotopic (exact) mass is 338 g/mol. The molecule has 6 heteroatoms. The Kier molecular flexibility index (Phi) is 4.70. The van der Waals surface area contributed by atoms with Gasteiger partial charge in [0.15, 0.2) is 5.56 Å². The summed E-state index contributed by atoms with van der Waals surface area (Å²) in [5.74, 6) is 0.196. The maximum absolute atomic E-state index is 12.6. The lowest BCUT2D eigenvalue weighted by Crippen LogP contribution is -2.19. The molecule has 0 fully saturated rings. The summed E-state index contributed by atoms with van der Waals surface area (Å²) < 4.78 is 11.8. The number of benzene rings is 2. The average molecular weight is 338 g/mol. The molecular formula is C19H18N2O4. The maximum Gasteiger partial charge on any atom is 0.370 e. The van der Waals surface area contributed by atoms with E-state index in [9.17, 15) is 9.59 Å². The predicted molar refractivity (Wildman–Crippen MR) is 94.9 cm³/mol. The van der Waals surface area contributed by atoms with Crippen molar-refractivity contribution >= 4 is 11.6 Å². The Labute approximate surface area is 144 Å². The van der Waals surface area contributed by atoms with Crippen molar-refractivity contribution in [3.8, 4) is 17.0 Å². The number of amides is 1. The van der Waals surface area contributed by atoms with Crippen molar-refractivity contribution in [2.75, 3.05) is 11.9 Å². The normalized spacial score (nSPS) is 10.5. The van der Waals surface area contributed by atoms with Crippen LogP contribution in [0.2, 0.25) is 0 Å². The van der Waals surface area contributed by atoms with Crippen LogP contribution in [0.3, 0.4) is 0 Å². The molecule has 0 saturated carbocycles. The van der Waals surface area contributed by atoms with E-state index in [0.29, 0.717) is 23.7 Å². The maximum atomic E-state index is 12.6. The first kappa shape index (κ1) is 16.6. The van der Waals surface area contributed by atoms with Gasteiger partial charge in [-0.15, -0.1) is 0 Å². The van der Waals surface area contributed by atoms with Gasteiger partial charge in [0.2, 0.25) is 0 Å². The second-order valence-electron chi connectivity index (χ2n) is 5.38. The van der Waals surface area contributed by atoms with Crippen LogP contribution in [0.1, 0.15) is 17.3 Å². The van der Waals surface area contributed by atoms with Gasteiger partial charge < -0.3 is 14.6 Å². The number of rotatable bonds is 5. The lowest BCUT2D eigenvalue weighted by atomic mass is 10.1. The first-order valence-electron chi connectivity index (χ1n) is 7.90. The average Bonchev–Trinajstić information content (AvgIpc) is 2.92. The number of ether oxygens (including phenoxy) is 1. The number of nitrogens with zero attached hydrogens (tertiary/aromatic N) is 1. The molecule has 0 aliphatic rings. The van der Waals surface area contributed by atoms with Crippen molar-refractivity contribution < 1.29 is 14.1 Å². The lowest BCUT2D eigenvalue weighted by Gasteiger charge is -2.07. The van der Waals surface area contributed by atoms with E-state index in [1.165, 1.54) is 4.74 Å². The number of hydrogen-bond donors (Lipinski definition) is 1. The van der Waals surface area contributed by atoms with E-state index in [1.807, 2.05) is 37.3 Å². The minimum Gasteiger partial charge on any atom is -0.494 e. The van der Waals surface area contributed by atoms with Gasteiger partial charge in [-0.25, -0.2) is 9.53 Å². The molecule has 0 aliphatic heterocycles. The second kappa shape index (κ2) is 7.09. The van der Waals surface area contributed by atoms with Crippen LogP contribution in [0.15, 0.2) is 63.9 Å². The van der Waals surface area contributed by atoms with Crippen molar-refractivity contribution in [1.82, 2.24) is 4.74 Å². The van der Waals surface area contributed by atoms with Gasteiger partial charge >= 0.3 is 5.63 Å². The topological polar surface area (TPSA) is 73.5 Å². The molecule has 1 heterocycles. The zero-order chi connectivity index (χ0) is 17.8. The van der Waals surface area contributed by atoms with Crippen molar-refractivity contribution in [2.24, 2.45) is 7.05 Å². The SMILES string of the molecule is CCOc1ccc(NC(=O)c2c(-c3ccccc3)n(C)oc2=O)cc1. The number of aromatic nitrogens is 1. The number of nitrogens with one attached hydrogen (secondary N) is 1. The molecule has 1 N–H and O–H groups in total. The molecule has 0 spiro atoms. The highest BCUT2D eigenvalue weighted by Gasteiger charge is 2.23. The van der Waals surface area contributed by atoms with E-state index < -0.39 is 11.5 Å². The highest BCUT2D eigenvalue weighted by Crippen LogP contribution is 2.23. The summed E-state index contributed by atoms with van der Waals surface area (Å²) in [5, 5.41) is 2.72. The standard InChI is InChI=1S/C19H18N2O4/c1-3-24-15-11-9-14(10-12-15)20-18(22)16-17(21(2)25-19(16)23)13-7-5-4-6-8-13/h4-12H,3H2,1-2H3,(H,20,22). The van der Waals surface area contributed by atoms with Gasteiger partial charge in [0.1, 0.15) is 11.4 Å². The molecule has 2 aromatic carbocycles. The summed E-state index contributed by atoms with van der Waals surface area (Å²) in [4.78, 5) is 24.8. The molecule has 0 aliphatic carbocycles. The van der Waals surface area contributed by atoms with Crippen LogP contribution in [-0.2, 0) is 7.05 Å². The van der Waals surface area contributed by atoms with E-state index in [2.05, 4.69) is 5.32 Å². The molecule has 0 atom stereocenters. The highest BCUT2D eigenvalue weighted by atomic mass is 16.5. The first-order valence-corrected chi connectivity index (χ1v) is 7.90. The van der Waals surface area contributed by atoms with Crippen LogP contribution in [0.4, 0.5) is 5.69 Å². The summed E-state index contributed by atoms with van der Waals surface area (Å²) in [6.45, 7) is 2.46. The highest BCUT2D eigenvalue weighted by molar-refractivity contribution is 6.07. The van der Waals surface area contributed by atoms with Gasteiger partial charge in [-0.2, -0.15) is 0 Å². The molecule has 3 aromatic rings. The molecule has 0 saturated heterocycles. The van der Waals surface area contributed by atoms with Gasteiger partial charge in [-0.05, 0) is 31.2 Å². The lowest BCUT2D eigenvalue weighted by molar-refractivity contribution is 0.102. The number of hydrogen-bond acceptors (Lipinski definition) is 4. The number of aryl methyl sites for hydroxylation is 1. The predicted octanol–water partition coefficient (Wildman–Crippen LogP) is 3.30. The molecule has 128 valence electrons. The zero-order valence-electron chi connectivity index (χ0n) is 14.0. The van der Waals surface area contributed by atoms with E-state index in [0.717, 1.165) is 5.56 Å². The third-order valence-corrected chi connectivity index (χ3v) is 3.67. The zero-order valence-corrected chi connectivity index (χ0v) is 14.0. The molecule has 0 unspecified atom stereocenters. The van der Waals surface area contributed by atoms with E-state index in [4.69, 9.17) is 9.26 Å².